The highest BCUT2D eigenvalue weighted by molar-refractivity contribution is 8.17. The Balaban J connectivity index is 1.94. The van der Waals surface area contributed by atoms with Gasteiger partial charge in [-0.2, -0.15) is 0 Å². The van der Waals surface area contributed by atoms with E-state index in [9.17, 15) is 0 Å². The third-order valence-corrected chi connectivity index (χ3v) is 5.78. The van der Waals surface area contributed by atoms with E-state index < -0.39 is 0 Å². The quantitative estimate of drug-likeness (QED) is 0.748. The van der Waals surface area contributed by atoms with Crippen LogP contribution in [-0.4, -0.2) is 21.8 Å². The molecule has 0 amide bonds. The summed E-state index contributed by atoms with van der Waals surface area (Å²) < 4.78 is 0. The molecule has 3 rings (SSSR count). The van der Waals surface area contributed by atoms with Gasteiger partial charge in [0.05, 0.1) is 11.2 Å². The molecule has 3 aliphatic heterocycles. The number of nitrogens with zero attached hydrogens (tertiary/aromatic N) is 3. The maximum atomic E-state index is 4.96. The molecule has 0 N–H and O–H groups in total. The number of allylic oxidation sites excluding steroid dienone is 2. The van der Waals surface area contributed by atoms with E-state index in [2.05, 4.69) is 70.2 Å². The molecule has 0 spiro atoms. The van der Waals surface area contributed by atoms with E-state index >= 15 is 0 Å². The summed E-state index contributed by atoms with van der Waals surface area (Å²) in [5.41, 5.74) is 1.08. The average Bonchev–Trinajstić information content (AvgIpc) is 2.70. The lowest BCUT2D eigenvalue weighted by molar-refractivity contribution is 0.407. The van der Waals surface area contributed by atoms with Crippen molar-refractivity contribution in [3.8, 4) is 0 Å². The third kappa shape index (κ3) is 2.39. The van der Waals surface area contributed by atoms with E-state index in [4.69, 9.17) is 9.98 Å². The molecule has 2 unspecified atom stereocenters. The lowest BCUT2D eigenvalue weighted by Crippen LogP contribution is -2.34. The first kappa shape index (κ1) is 14.6. The minimum atomic E-state index is -0.116. The van der Waals surface area contributed by atoms with Crippen LogP contribution < -0.4 is 0 Å². The molecule has 0 aromatic heterocycles. The molecule has 0 saturated carbocycles. The van der Waals surface area contributed by atoms with Crippen LogP contribution in [0.2, 0.25) is 0 Å². The van der Waals surface area contributed by atoms with Crippen LogP contribution in [0.1, 0.15) is 41.0 Å². The van der Waals surface area contributed by atoms with Gasteiger partial charge in [0.2, 0.25) is 0 Å². The lowest BCUT2D eigenvalue weighted by atomic mass is 9.88. The standard InChI is InChI=1S/C17H23N3S/c1-6-16(4)8-7-13-14(18-11-16)21-15-19-17(5,12(2)3)9-10-20(13)15/h7-12H,6H2,1-5H3. The summed E-state index contributed by atoms with van der Waals surface area (Å²) in [7, 11) is 0. The molecule has 112 valence electrons. The van der Waals surface area contributed by atoms with Gasteiger partial charge in [0, 0.05) is 17.8 Å². The Bertz CT molecular complexity index is 612. The van der Waals surface area contributed by atoms with Crippen LogP contribution in [0.15, 0.2) is 45.1 Å². The first-order valence-electron chi connectivity index (χ1n) is 7.62. The second-order valence-electron chi connectivity index (χ2n) is 6.70. The van der Waals surface area contributed by atoms with E-state index in [1.54, 1.807) is 11.8 Å². The summed E-state index contributed by atoms with van der Waals surface area (Å²) in [5, 5.41) is 2.10. The van der Waals surface area contributed by atoms with Crippen molar-refractivity contribution >= 4 is 23.1 Å². The SMILES string of the molecule is CCC1(C)C=CC2=C(N=C1)SC1=NC(C)(C(C)C)C=CN12. The fourth-order valence-electron chi connectivity index (χ4n) is 2.38. The highest BCUT2D eigenvalue weighted by Gasteiger charge is 2.36. The first-order chi connectivity index (χ1) is 9.87. The van der Waals surface area contributed by atoms with Crippen LogP contribution in [0.25, 0.3) is 0 Å². The van der Waals surface area contributed by atoms with Crippen molar-refractivity contribution in [2.75, 3.05) is 0 Å². The molecule has 0 bridgehead atoms. The summed E-state index contributed by atoms with van der Waals surface area (Å²) in [6.07, 6.45) is 11.9. The predicted octanol–water partition coefficient (Wildman–Crippen LogP) is 4.56. The molecule has 3 nitrogen and oxygen atoms in total. The van der Waals surface area contributed by atoms with E-state index in [0.29, 0.717) is 5.92 Å². The van der Waals surface area contributed by atoms with Crippen LogP contribution >= 0.6 is 11.8 Å². The monoisotopic (exact) mass is 301 g/mol. The maximum absolute atomic E-state index is 4.96. The van der Waals surface area contributed by atoms with Gasteiger partial charge in [0.15, 0.2) is 5.17 Å². The van der Waals surface area contributed by atoms with Crippen LogP contribution in [-0.2, 0) is 0 Å². The van der Waals surface area contributed by atoms with Crippen molar-refractivity contribution < 1.29 is 0 Å². The minimum Gasteiger partial charge on any atom is -0.294 e. The van der Waals surface area contributed by atoms with Gasteiger partial charge in [0.25, 0.3) is 0 Å². The Morgan fingerprint density at radius 1 is 1.29 bits per heavy atom. The smallest absolute Gasteiger partial charge is 0.175 e. The highest BCUT2D eigenvalue weighted by Crippen LogP contribution is 2.43. The number of hydrogen-bond acceptors (Lipinski definition) is 4. The Kier molecular flexibility index (Phi) is 3.40. The van der Waals surface area contributed by atoms with E-state index in [0.717, 1.165) is 22.3 Å². The van der Waals surface area contributed by atoms with Crippen LogP contribution in [0.4, 0.5) is 0 Å². The molecule has 0 aromatic carbocycles. The van der Waals surface area contributed by atoms with Gasteiger partial charge in [-0.05, 0) is 43.2 Å². The van der Waals surface area contributed by atoms with Crippen molar-refractivity contribution in [2.24, 2.45) is 21.3 Å². The molecule has 3 heterocycles. The number of aliphatic imine (C=N–C) groups is 2. The molecule has 3 aliphatic rings. The Hall–Kier alpha value is -1.29. The highest BCUT2D eigenvalue weighted by atomic mass is 32.2. The lowest BCUT2D eigenvalue weighted by Gasteiger charge is -2.32. The van der Waals surface area contributed by atoms with Crippen molar-refractivity contribution in [3.63, 3.8) is 0 Å². The third-order valence-electron chi connectivity index (χ3n) is 4.80. The second-order valence-corrected chi connectivity index (χ2v) is 7.66. The molecule has 0 aliphatic carbocycles. The van der Waals surface area contributed by atoms with Gasteiger partial charge in [-0.25, -0.2) is 0 Å². The maximum Gasteiger partial charge on any atom is 0.175 e. The summed E-state index contributed by atoms with van der Waals surface area (Å²) >= 11 is 1.68. The predicted molar refractivity (Wildman–Crippen MR) is 92.3 cm³/mol. The molecular weight excluding hydrogens is 278 g/mol. The van der Waals surface area contributed by atoms with E-state index in [1.165, 1.54) is 0 Å². The molecular formula is C17H23N3S. The zero-order valence-corrected chi connectivity index (χ0v) is 14.2. The number of amidine groups is 1. The van der Waals surface area contributed by atoms with Gasteiger partial charge in [-0.3, -0.25) is 14.9 Å². The molecule has 21 heavy (non-hydrogen) atoms. The van der Waals surface area contributed by atoms with Crippen LogP contribution in [0, 0.1) is 11.3 Å². The van der Waals surface area contributed by atoms with E-state index in [-0.39, 0.29) is 11.0 Å². The Morgan fingerprint density at radius 3 is 2.71 bits per heavy atom. The zero-order valence-electron chi connectivity index (χ0n) is 13.4. The van der Waals surface area contributed by atoms with Gasteiger partial charge >= 0.3 is 0 Å². The normalized spacial score (nSPS) is 34.2. The minimum absolute atomic E-state index is 0.0498. The molecule has 0 saturated heterocycles. The average molecular weight is 301 g/mol. The topological polar surface area (TPSA) is 28.0 Å². The van der Waals surface area contributed by atoms with Crippen LogP contribution in [0.5, 0.6) is 0 Å². The molecule has 4 heteroatoms. The Labute approximate surface area is 131 Å². The van der Waals surface area contributed by atoms with Gasteiger partial charge in [-0.15, -0.1) is 0 Å². The Morgan fingerprint density at radius 2 is 2.05 bits per heavy atom. The zero-order chi connectivity index (χ0) is 15.3. The van der Waals surface area contributed by atoms with Gasteiger partial charge < -0.3 is 0 Å². The van der Waals surface area contributed by atoms with Crippen LogP contribution in [0.3, 0.4) is 0 Å². The fourth-order valence-corrected chi connectivity index (χ4v) is 3.43. The van der Waals surface area contributed by atoms with Crippen molar-refractivity contribution in [2.45, 2.75) is 46.6 Å². The second kappa shape index (κ2) is 4.87. The van der Waals surface area contributed by atoms with Crippen molar-refractivity contribution in [3.05, 3.63) is 35.2 Å². The van der Waals surface area contributed by atoms with Gasteiger partial charge in [-0.1, -0.05) is 33.8 Å². The summed E-state index contributed by atoms with van der Waals surface area (Å²) in [6, 6.07) is 0. The molecule has 0 aromatic rings. The first-order valence-corrected chi connectivity index (χ1v) is 8.43. The number of thioether (sulfide) groups is 1. The molecule has 0 radical (unpaired) electrons. The summed E-state index contributed by atoms with van der Waals surface area (Å²) in [6.45, 7) is 11.0. The number of hydrogen-bond donors (Lipinski definition) is 0. The molecule has 2 atom stereocenters. The summed E-state index contributed by atoms with van der Waals surface area (Å²) in [4.78, 5) is 11.8. The van der Waals surface area contributed by atoms with Crippen molar-refractivity contribution in [1.82, 2.24) is 4.90 Å². The largest absolute Gasteiger partial charge is 0.294 e. The summed E-state index contributed by atoms with van der Waals surface area (Å²) in [5.74, 6) is 0.479. The molecule has 0 fully saturated rings. The van der Waals surface area contributed by atoms with E-state index in [1.807, 2.05) is 0 Å². The number of fused-ring (bicyclic) bond motifs is 2. The number of rotatable bonds is 2. The fraction of sp³-hybridized carbons (Fsp3) is 0.529. The van der Waals surface area contributed by atoms with Crippen molar-refractivity contribution in [1.29, 1.82) is 0 Å². The van der Waals surface area contributed by atoms with Gasteiger partial charge in [0.1, 0.15) is 5.03 Å².